The molecule has 2 rings (SSSR count). The second-order valence-electron chi connectivity index (χ2n) is 6.60. The molecule has 2 aromatic rings. The average molecular weight is 364 g/mol. The number of benzene rings is 2. The molecular formula is C18H21FN2O3S. The van der Waals surface area contributed by atoms with E-state index in [1.54, 1.807) is 30.3 Å². The fourth-order valence-electron chi connectivity index (χ4n) is 2.23. The van der Waals surface area contributed by atoms with Crippen LogP contribution in [0.1, 0.15) is 20.8 Å². The summed E-state index contributed by atoms with van der Waals surface area (Å²) in [7, 11) is -4.02. The van der Waals surface area contributed by atoms with Gasteiger partial charge in [-0.3, -0.25) is 9.10 Å². The number of anilines is 1. The van der Waals surface area contributed by atoms with E-state index in [0.717, 1.165) is 16.4 Å². The molecule has 0 saturated carbocycles. The Kier molecular flexibility index (Phi) is 5.47. The van der Waals surface area contributed by atoms with E-state index in [2.05, 4.69) is 5.32 Å². The summed E-state index contributed by atoms with van der Waals surface area (Å²) in [6.45, 7) is 5.06. The number of para-hydroxylation sites is 1. The minimum absolute atomic E-state index is 0.0821. The number of nitrogens with one attached hydrogen (secondary N) is 1. The summed E-state index contributed by atoms with van der Waals surface area (Å²) in [6.07, 6.45) is 0. The van der Waals surface area contributed by atoms with Crippen molar-refractivity contribution in [2.45, 2.75) is 31.2 Å². The van der Waals surface area contributed by atoms with Gasteiger partial charge in [-0.2, -0.15) is 0 Å². The quantitative estimate of drug-likeness (QED) is 0.887. The van der Waals surface area contributed by atoms with Crippen molar-refractivity contribution in [3.8, 4) is 0 Å². The second-order valence-corrected chi connectivity index (χ2v) is 8.46. The van der Waals surface area contributed by atoms with Gasteiger partial charge in [0.2, 0.25) is 5.91 Å². The Balaban J connectivity index is 2.41. The SMILES string of the molecule is CC(C)(C)NC(=O)CN(c1ccccc1)S(=O)(=O)c1ccc(F)cc1. The van der Waals surface area contributed by atoms with E-state index in [9.17, 15) is 17.6 Å². The molecule has 134 valence electrons. The maximum Gasteiger partial charge on any atom is 0.264 e. The van der Waals surface area contributed by atoms with Crippen LogP contribution in [0.15, 0.2) is 59.5 Å². The van der Waals surface area contributed by atoms with Gasteiger partial charge in [-0.1, -0.05) is 18.2 Å². The van der Waals surface area contributed by atoms with Gasteiger partial charge in [0.05, 0.1) is 10.6 Å². The van der Waals surface area contributed by atoms with E-state index >= 15 is 0 Å². The van der Waals surface area contributed by atoms with Crippen LogP contribution in [0.2, 0.25) is 0 Å². The normalized spacial score (nSPS) is 11.8. The molecule has 25 heavy (non-hydrogen) atoms. The molecule has 0 aromatic heterocycles. The Morgan fingerprint density at radius 2 is 1.60 bits per heavy atom. The second kappa shape index (κ2) is 7.23. The predicted molar refractivity (Wildman–Crippen MR) is 95.3 cm³/mol. The van der Waals surface area contributed by atoms with Gasteiger partial charge in [-0.15, -0.1) is 0 Å². The Hall–Kier alpha value is -2.41. The molecule has 0 unspecified atom stereocenters. The number of amides is 1. The van der Waals surface area contributed by atoms with Gasteiger partial charge in [-0.05, 0) is 57.2 Å². The molecule has 0 heterocycles. The number of hydrogen-bond acceptors (Lipinski definition) is 3. The lowest BCUT2D eigenvalue weighted by molar-refractivity contribution is -0.121. The molecule has 0 bridgehead atoms. The fraction of sp³-hybridized carbons (Fsp3) is 0.278. The van der Waals surface area contributed by atoms with Crippen LogP contribution in [-0.4, -0.2) is 26.4 Å². The topological polar surface area (TPSA) is 66.5 Å². The summed E-state index contributed by atoms with van der Waals surface area (Å²) < 4.78 is 40.1. The highest BCUT2D eigenvalue weighted by Gasteiger charge is 2.28. The molecule has 0 atom stereocenters. The van der Waals surface area contributed by atoms with Gasteiger partial charge in [-0.25, -0.2) is 12.8 Å². The summed E-state index contributed by atoms with van der Waals surface area (Å²) in [6, 6.07) is 12.8. The molecular weight excluding hydrogens is 343 g/mol. The summed E-state index contributed by atoms with van der Waals surface area (Å²) >= 11 is 0. The first-order valence-electron chi connectivity index (χ1n) is 7.74. The molecule has 1 amide bonds. The number of hydrogen-bond donors (Lipinski definition) is 1. The van der Waals surface area contributed by atoms with Crippen LogP contribution in [-0.2, 0) is 14.8 Å². The van der Waals surface area contributed by atoms with Gasteiger partial charge in [0, 0.05) is 5.54 Å². The van der Waals surface area contributed by atoms with E-state index in [-0.39, 0.29) is 11.4 Å². The molecule has 0 aliphatic rings. The molecule has 0 radical (unpaired) electrons. The number of rotatable bonds is 5. The van der Waals surface area contributed by atoms with Crippen molar-refractivity contribution in [3.05, 3.63) is 60.4 Å². The van der Waals surface area contributed by atoms with Crippen molar-refractivity contribution in [3.63, 3.8) is 0 Å². The summed E-state index contributed by atoms with van der Waals surface area (Å²) in [5.74, 6) is -0.960. The van der Waals surface area contributed by atoms with Crippen LogP contribution in [0.5, 0.6) is 0 Å². The van der Waals surface area contributed by atoms with Crippen molar-refractivity contribution in [2.24, 2.45) is 0 Å². The smallest absolute Gasteiger partial charge is 0.264 e. The molecule has 0 aliphatic heterocycles. The van der Waals surface area contributed by atoms with E-state index < -0.39 is 27.3 Å². The lowest BCUT2D eigenvalue weighted by atomic mass is 10.1. The molecule has 0 saturated heterocycles. The molecule has 1 N–H and O–H groups in total. The largest absolute Gasteiger partial charge is 0.350 e. The minimum Gasteiger partial charge on any atom is -0.350 e. The number of carbonyl (C=O) groups is 1. The molecule has 7 heteroatoms. The number of halogens is 1. The van der Waals surface area contributed by atoms with Crippen LogP contribution in [0.4, 0.5) is 10.1 Å². The lowest BCUT2D eigenvalue weighted by Gasteiger charge is -2.27. The predicted octanol–water partition coefficient (Wildman–Crippen LogP) is 2.94. The number of nitrogens with zero attached hydrogens (tertiary/aromatic N) is 1. The van der Waals surface area contributed by atoms with Gasteiger partial charge >= 0.3 is 0 Å². The third-order valence-corrected chi connectivity index (χ3v) is 5.04. The summed E-state index contributed by atoms with van der Waals surface area (Å²) in [5, 5.41) is 2.75. The maximum atomic E-state index is 13.1. The Bertz CT molecular complexity index is 829. The maximum absolute atomic E-state index is 13.1. The Morgan fingerprint density at radius 3 is 2.12 bits per heavy atom. The third kappa shape index (κ3) is 5.03. The molecule has 5 nitrogen and oxygen atoms in total. The van der Waals surface area contributed by atoms with Crippen LogP contribution in [0, 0.1) is 5.82 Å². The van der Waals surface area contributed by atoms with Crippen molar-refractivity contribution >= 4 is 21.6 Å². The Labute approximate surface area is 147 Å². The van der Waals surface area contributed by atoms with E-state index in [0.29, 0.717) is 5.69 Å². The number of sulfonamides is 1. The van der Waals surface area contributed by atoms with Crippen molar-refractivity contribution in [1.82, 2.24) is 5.32 Å². The van der Waals surface area contributed by atoms with Crippen LogP contribution in [0.3, 0.4) is 0 Å². The lowest BCUT2D eigenvalue weighted by Crippen LogP contribution is -2.47. The molecule has 0 aliphatic carbocycles. The van der Waals surface area contributed by atoms with Gasteiger partial charge < -0.3 is 5.32 Å². The van der Waals surface area contributed by atoms with Crippen LogP contribution < -0.4 is 9.62 Å². The monoisotopic (exact) mass is 364 g/mol. The highest BCUT2D eigenvalue weighted by atomic mass is 32.2. The minimum atomic E-state index is -4.02. The van der Waals surface area contributed by atoms with E-state index in [1.807, 2.05) is 20.8 Å². The van der Waals surface area contributed by atoms with Gasteiger partial charge in [0.25, 0.3) is 10.0 Å². The van der Waals surface area contributed by atoms with Crippen molar-refractivity contribution in [2.75, 3.05) is 10.8 Å². The van der Waals surface area contributed by atoms with Gasteiger partial charge in [0.15, 0.2) is 0 Å². The summed E-state index contributed by atoms with van der Waals surface area (Å²) in [4.78, 5) is 12.2. The summed E-state index contributed by atoms with van der Waals surface area (Å²) in [5.41, 5.74) is -0.130. The van der Waals surface area contributed by atoms with Crippen LogP contribution >= 0.6 is 0 Å². The van der Waals surface area contributed by atoms with Crippen molar-refractivity contribution in [1.29, 1.82) is 0 Å². The van der Waals surface area contributed by atoms with Crippen LogP contribution in [0.25, 0.3) is 0 Å². The zero-order valence-corrected chi connectivity index (χ0v) is 15.2. The highest BCUT2D eigenvalue weighted by molar-refractivity contribution is 7.92. The Morgan fingerprint density at radius 1 is 1.04 bits per heavy atom. The average Bonchev–Trinajstić information content (AvgIpc) is 2.52. The standard InChI is InChI=1S/C18H21FN2O3S/c1-18(2,3)20-17(22)13-21(15-7-5-4-6-8-15)25(23,24)16-11-9-14(19)10-12-16/h4-12H,13H2,1-3H3,(H,20,22). The molecule has 2 aromatic carbocycles. The fourth-order valence-corrected chi connectivity index (χ4v) is 3.65. The first-order chi connectivity index (χ1) is 11.6. The number of carbonyl (C=O) groups excluding carboxylic acids is 1. The highest BCUT2D eigenvalue weighted by Crippen LogP contribution is 2.23. The van der Waals surface area contributed by atoms with E-state index in [1.165, 1.54) is 12.1 Å². The first kappa shape index (κ1) is 18.9. The third-order valence-electron chi connectivity index (χ3n) is 3.25. The molecule has 0 spiro atoms. The van der Waals surface area contributed by atoms with E-state index in [4.69, 9.17) is 0 Å². The first-order valence-corrected chi connectivity index (χ1v) is 9.18. The zero-order chi connectivity index (χ0) is 18.7. The van der Waals surface area contributed by atoms with Crippen molar-refractivity contribution < 1.29 is 17.6 Å². The van der Waals surface area contributed by atoms with Gasteiger partial charge in [0.1, 0.15) is 12.4 Å². The molecule has 0 fully saturated rings. The zero-order valence-electron chi connectivity index (χ0n) is 14.4.